The van der Waals surface area contributed by atoms with Crippen molar-refractivity contribution in [3.8, 4) is 0 Å². The predicted molar refractivity (Wildman–Crippen MR) is 84.8 cm³/mol. The van der Waals surface area contributed by atoms with Crippen molar-refractivity contribution in [3.05, 3.63) is 17.0 Å². The quantitative estimate of drug-likeness (QED) is 0.825. The van der Waals surface area contributed by atoms with Gasteiger partial charge in [-0.1, -0.05) is 5.16 Å². The van der Waals surface area contributed by atoms with Crippen LogP contribution in [0.5, 0.6) is 0 Å². The van der Waals surface area contributed by atoms with Crippen LogP contribution >= 0.6 is 0 Å². The van der Waals surface area contributed by atoms with Gasteiger partial charge in [-0.25, -0.2) is 5.06 Å². The zero-order valence-electron chi connectivity index (χ0n) is 14.4. The van der Waals surface area contributed by atoms with Crippen molar-refractivity contribution in [1.29, 1.82) is 0 Å². The first-order valence-corrected chi connectivity index (χ1v) is 8.79. The fourth-order valence-electron chi connectivity index (χ4n) is 4.23. The molecule has 0 aliphatic carbocycles. The van der Waals surface area contributed by atoms with Gasteiger partial charge in [0.1, 0.15) is 5.76 Å². The highest BCUT2D eigenvalue weighted by atomic mass is 16.7. The van der Waals surface area contributed by atoms with Gasteiger partial charge >= 0.3 is 0 Å². The van der Waals surface area contributed by atoms with Crippen LogP contribution in [-0.2, 0) is 20.9 Å². The van der Waals surface area contributed by atoms with E-state index in [1.54, 1.807) is 5.06 Å². The number of hydroxylamine groups is 2. The highest BCUT2D eigenvalue weighted by Crippen LogP contribution is 2.36. The van der Waals surface area contributed by atoms with Crippen LogP contribution in [-0.4, -0.2) is 60.5 Å². The van der Waals surface area contributed by atoms with E-state index >= 15 is 0 Å². The van der Waals surface area contributed by atoms with Crippen molar-refractivity contribution >= 4 is 5.91 Å². The number of rotatable bonds is 3. The van der Waals surface area contributed by atoms with Gasteiger partial charge < -0.3 is 9.26 Å². The molecule has 24 heavy (non-hydrogen) atoms. The Hall–Kier alpha value is -1.44. The highest BCUT2D eigenvalue weighted by molar-refractivity contribution is 5.78. The van der Waals surface area contributed by atoms with E-state index < -0.39 is 0 Å². The number of aryl methyl sites for hydroxylation is 2. The minimum absolute atomic E-state index is 0.0866. The van der Waals surface area contributed by atoms with Crippen molar-refractivity contribution in [2.75, 3.05) is 39.5 Å². The molecular weight excluding hydrogens is 310 g/mol. The molecule has 3 fully saturated rings. The molecule has 1 amide bonds. The normalized spacial score (nSPS) is 30.8. The SMILES string of the molecule is Cc1noc(C)c1CN1C[C@@H]2COC[C@@H](C(=O)N3CCCO3)[C@@H]2C1. The summed E-state index contributed by atoms with van der Waals surface area (Å²) in [5.41, 5.74) is 2.12. The Bertz CT molecular complexity index is 591. The van der Waals surface area contributed by atoms with E-state index in [9.17, 15) is 4.79 Å². The van der Waals surface area contributed by atoms with Gasteiger partial charge in [0.05, 0.1) is 38.0 Å². The second kappa shape index (κ2) is 6.46. The number of aromatic nitrogens is 1. The number of ether oxygens (including phenoxy) is 1. The number of nitrogens with zero attached hydrogens (tertiary/aromatic N) is 3. The average Bonchev–Trinajstić information content (AvgIpc) is 3.30. The molecule has 1 aromatic heterocycles. The van der Waals surface area contributed by atoms with Gasteiger partial charge in [0.15, 0.2) is 0 Å². The maximum absolute atomic E-state index is 12.8. The van der Waals surface area contributed by atoms with Crippen LogP contribution in [0.25, 0.3) is 0 Å². The molecule has 0 spiro atoms. The molecule has 1 aromatic rings. The number of hydrogen-bond donors (Lipinski definition) is 0. The summed E-state index contributed by atoms with van der Waals surface area (Å²) in [6, 6.07) is 0. The maximum Gasteiger partial charge on any atom is 0.251 e. The number of carbonyl (C=O) groups excluding carboxylic acids is 1. The van der Waals surface area contributed by atoms with Gasteiger partial charge in [-0.2, -0.15) is 0 Å². The Balaban J connectivity index is 1.45. The number of carbonyl (C=O) groups is 1. The summed E-state index contributed by atoms with van der Waals surface area (Å²) in [6.45, 7) is 9.25. The monoisotopic (exact) mass is 335 g/mol. The van der Waals surface area contributed by atoms with E-state index in [0.29, 0.717) is 31.6 Å². The second-order valence-electron chi connectivity index (χ2n) is 7.19. The summed E-state index contributed by atoms with van der Waals surface area (Å²) in [5.74, 6) is 1.65. The summed E-state index contributed by atoms with van der Waals surface area (Å²) >= 11 is 0. The van der Waals surface area contributed by atoms with Crippen molar-refractivity contribution < 1.29 is 18.9 Å². The molecule has 0 radical (unpaired) electrons. The zero-order chi connectivity index (χ0) is 16.7. The Morgan fingerprint density at radius 1 is 1.29 bits per heavy atom. The Kier molecular flexibility index (Phi) is 4.32. The number of fused-ring (bicyclic) bond motifs is 1. The van der Waals surface area contributed by atoms with Crippen LogP contribution < -0.4 is 0 Å². The summed E-state index contributed by atoms with van der Waals surface area (Å²) in [4.78, 5) is 20.6. The number of hydrogen-bond acceptors (Lipinski definition) is 6. The molecule has 0 unspecified atom stereocenters. The molecule has 3 aliphatic heterocycles. The van der Waals surface area contributed by atoms with Gasteiger partial charge in [0.2, 0.25) is 0 Å². The van der Waals surface area contributed by atoms with E-state index in [1.807, 2.05) is 13.8 Å². The van der Waals surface area contributed by atoms with Crippen LogP contribution in [0.2, 0.25) is 0 Å². The van der Waals surface area contributed by atoms with Gasteiger partial charge in [0, 0.05) is 25.2 Å². The van der Waals surface area contributed by atoms with Crippen LogP contribution in [0.1, 0.15) is 23.4 Å². The first-order valence-electron chi connectivity index (χ1n) is 8.79. The molecule has 132 valence electrons. The fourth-order valence-corrected chi connectivity index (χ4v) is 4.23. The van der Waals surface area contributed by atoms with Gasteiger partial charge in [-0.15, -0.1) is 0 Å². The average molecular weight is 335 g/mol. The Morgan fingerprint density at radius 3 is 2.88 bits per heavy atom. The first kappa shape index (κ1) is 16.1. The lowest BCUT2D eigenvalue weighted by Crippen LogP contribution is -2.45. The van der Waals surface area contributed by atoms with Gasteiger partial charge in [-0.3, -0.25) is 14.5 Å². The van der Waals surface area contributed by atoms with E-state index in [1.165, 1.54) is 5.56 Å². The van der Waals surface area contributed by atoms with Gasteiger partial charge in [-0.05, 0) is 32.1 Å². The third-order valence-corrected chi connectivity index (χ3v) is 5.59. The summed E-state index contributed by atoms with van der Waals surface area (Å²) in [7, 11) is 0. The number of amides is 1. The van der Waals surface area contributed by atoms with Crippen molar-refractivity contribution in [3.63, 3.8) is 0 Å². The lowest BCUT2D eigenvalue weighted by molar-refractivity contribution is -0.181. The highest BCUT2D eigenvalue weighted by Gasteiger charge is 2.45. The molecule has 7 heteroatoms. The Labute approximate surface area is 141 Å². The molecule has 3 aliphatic rings. The van der Waals surface area contributed by atoms with Crippen LogP contribution in [0.15, 0.2) is 4.52 Å². The van der Waals surface area contributed by atoms with Crippen LogP contribution in [0.3, 0.4) is 0 Å². The van der Waals surface area contributed by atoms with Crippen molar-refractivity contribution in [2.45, 2.75) is 26.8 Å². The first-order chi connectivity index (χ1) is 11.6. The van der Waals surface area contributed by atoms with Crippen LogP contribution in [0.4, 0.5) is 0 Å². The largest absolute Gasteiger partial charge is 0.380 e. The summed E-state index contributed by atoms with van der Waals surface area (Å²) in [5, 5.41) is 5.59. The van der Waals surface area contributed by atoms with E-state index in [0.717, 1.165) is 44.1 Å². The van der Waals surface area contributed by atoms with E-state index in [2.05, 4.69) is 10.1 Å². The van der Waals surface area contributed by atoms with E-state index in [-0.39, 0.29) is 11.8 Å². The van der Waals surface area contributed by atoms with Crippen molar-refractivity contribution in [1.82, 2.24) is 15.1 Å². The zero-order valence-corrected chi connectivity index (χ0v) is 14.4. The Morgan fingerprint density at radius 2 is 2.17 bits per heavy atom. The molecule has 0 N–H and O–H groups in total. The molecule has 4 rings (SSSR count). The second-order valence-corrected chi connectivity index (χ2v) is 7.19. The fraction of sp³-hybridized carbons (Fsp3) is 0.765. The maximum atomic E-state index is 12.8. The molecule has 3 saturated heterocycles. The molecule has 4 heterocycles. The number of likely N-dealkylation sites (tertiary alicyclic amines) is 1. The lowest BCUT2D eigenvalue weighted by atomic mass is 9.82. The lowest BCUT2D eigenvalue weighted by Gasteiger charge is -2.33. The smallest absolute Gasteiger partial charge is 0.251 e. The van der Waals surface area contributed by atoms with Gasteiger partial charge in [0.25, 0.3) is 5.91 Å². The molecule has 0 aromatic carbocycles. The molecule has 3 atom stereocenters. The summed E-state index contributed by atoms with van der Waals surface area (Å²) < 4.78 is 11.0. The third-order valence-electron chi connectivity index (χ3n) is 5.59. The minimum atomic E-state index is -0.0866. The minimum Gasteiger partial charge on any atom is -0.380 e. The molecular formula is C17H25N3O4. The molecule has 0 bridgehead atoms. The van der Waals surface area contributed by atoms with E-state index in [4.69, 9.17) is 14.1 Å². The summed E-state index contributed by atoms with van der Waals surface area (Å²) in [6.07, 6.45) is 0.922. The molecule has 0 saturated carbocycles. The van der Waals surface area contributed by atoms with Crippen LogP contribution in [0, 0.1) is 31.6 Å². The topological polar surface area (TPSA) is 68.0 Å². The standard InChI is InChI=1S/C17H25N3O4/c1-11-14(12(2)24-18-11)7-19-6-13-9-22-10-16(15(13)8-19)17(21)20-4-3-5-23-20/h13,15-16H,3-10H2,1-2H3/t13-,15-,16-/m1/s1. The third kappa shape index (κ3) is 2.85. The molecule has 7 nitrogen and oxygen atoms in total. The van der Waals surface area contributed by atoms with Crippen molar-refractivity contribution in [2.24, 2.45) is 17.8 Å². The predicted octanol–water partition coefficient (Wildman–Crippen LogP) is 1.15.